The molecule has 2 aromatic heterocycles. The Morgan fingerprint density at radius 1 is 1.17 bits per heavy atom. The third kappa shape index (κ3) is 3.98. The lowest BCUT2D eigenvalue weighted by Crippen LogP contribution is -2.49. The number of furan rings is 1. The maximum Gasteiger partial charge on any atom is 0.329 e. The topological polar surface area (TPSA) is 98.7 Å². The number of amides is 1. The number of nitrogens with zero attached hydrogens (tertiary/aromatic N) is 3. The van der Waals surface area contributed by atoms with Gasteiger partial charge in [-0.25, -0.2) is 4.79 Å². The van der Waals surface area contributed by atoms with Crippen LogP contribution in [0.2, 0.25) is 0 Å². The molecule has 3 heterocycles. The fourth-order valence-corrected chi connectivity index (χ4v) is 3.34. The average molecular weight is 409 g/mol. The van der Waals surface area contributed by atoms with E-state index in [4.69, 9.17) is 13.7 Å². The quantitative estimate of drug-likeness (QED) is 0.610. The van der Waals surface area contributed by atoms with Crippen LogP contribution in [-0.2, 0) is 34.5 Å². The van der Waals surface area contributed by atoms with E-state index in [1.54, 1.807) is 12.1 Å². The standard InChI is InChI=1S/C22H23N3O5/c1-22(2,3)21-23-18(30-24-21)13-29-20(27)16-11-14-7-4-5-8-15(14)12-25(16)19(26)17-9-6-10-28-17/h4-10,16H,11-13H2,1-3H3/t16-/m0/s1. The molecule has 0 spiro atoms. The second kappa shape index (κ2) is 7.78. The average Bonchev–Trinajstić information content (AvgIpc) is 3.42. The molecule has 30 heavy (non-hydrogen) atoms. The van der Waals surface area contributed by atoms with Crippen molar-refractivity contribution in [2.45, 2.75) is 51.8 Å². The van der Waals surface area contributed by atoms with Crippen LogP contribution in [0.15, 0.2) is 51.6 Å². The lowest BCUT2D eigenvalue weighted by atomic mass is 9.93. The van der Waals surface area contributed by atoms with Gasteiger partial charge in [0.05, 0.1) is 6.26 Å². The Balaban J connectivity index is 1.52. The Labute approximate surface area is 173 Å². The number of esters is 1. The van der Waals surface area contributed by atoms with E-state index >= 15 is 0 Å². The maximum atomic E-state index is 13.0. The molecule has 8 nitrogen and oxygen atoms in total. The fourth-order valence-electron chi connectivity index (χ4n) is 3.34. The minimum absolute atomic E-state index is 0.150. The number of carbonyl (C=O) groups excluding carboxylic acids is 2. The van der Waals surface area contributed by atoms with Crippen LogP contribution < -0.4 is 0 Å². The van der Waals surface area contributed by atoms with Crippen molar-refractivity contribution in [1.82, 2.24) is 15.0 Å². The van der Waals surface area contributed by atoms with Crippen LogP contribution in [0.4, 0.5) is 0 Å². The molecule has 0 aliphatic carbocycles. The lowest BCUT2D eigenvalue weighted by molar-refractivity contribution is -0.151. The van der Waals surface area contributed by atoms with Gasteiger partial charge < -0.3 is 18.6 Å². The molecule has 0 saturated carbocycles. The number of benzene rings is 1. The molecule has 0 N–H and O–H groups in total. The zero-order chi connectivity index (χ0) is 21.3. The van der Waals surface area contributed by atoms with Crippen LogP contribution >= 0.6 is 0 Å². The first-order valence-electron chi connectivity index (χ1n) is 9.74. The van der Waals surface area contributed by atoms with E-state index in [0.29, 0.717) is 18.8 Å². The third-order valence-corrected chi connectivity index (χ3v) is 4.99. The Morgan fingerprint density at radius 3 is 2.60 bits per heavy atom. The molecule has 1 aromatic carbocycles. The van der Waals surface area contributed by atoms with Crippen LogP contribution in [-0.4, -0.2) is 33.0 Å². The molecule has 0 saturated heterocycles. The zero-order valence-electron chi connectivity index (χ0n) is 17.1. The largest absolute Gasteiger partial charge is 0.459 e. The summed E-state index contributed by atoms with van der Waals surface area (Å²) in [5.41, 5.74) is 1.73. The summed E-state index contributed by atoms with van der Waals surface area (Å²) in [5.74, 6) is 0.0474. The predicted molar refractivity (Wildman–Crippen MR) is 105 cm³/mol. The maximum absolute atomic E-state index is 13.0. The first-order valence-corrected chi connectivity index (χ1v) is 9.74. The highest BCUT2D eigenvalue weighted by molar-refractivity contribution is 5.95. The van der Waals surface area contributed by atoms with Crippen LogP contribution in [0.3, 0.4) is 0 Å². The molecule has 0 bridgehead atoms. The third-order valence-electron chi connectivity index (χ3n) is 4.99. The zero-order valence-corrected chi connectivity index (χ0v) is 17.1. The summed E-state index contributed by atoms with van der Waals surface area (Å²) in [7, 11) is 0. The van der Waals surface area contributed by atoms with Crippen molar-refractivity contribution in [2.75, 3.05) is 0 Å². The minimum atomic E-state index is -0.775. The van der Waals surface area contributed by atoms with E-state index in [0.717, 1.165) is 11.1 Å². The van der Waals surface area contributed by atoms with Gasteiger partial charge in [0.2, 0.25) is 0 Å². The van der Waals surface area contributed by atoms with Gasteiger partial charge in [-0.15, -0.1) is 0 Å². The predicted octanol–water partition coefficient (Wildman–Crippen LogP) is 3.27. The van der Waals surface area contributed by atoms with Crippen LogP contribution in [0.25, 0.3) is 0 Å². The molecule has 4 rings (SSSR count). The summed E-state index contributed by atoms with van der Waals surface area (Å²) in [6.45, 7) is 6.04. The van der Waals surface area contributed by atoms with Gasteiger partial charge in [0.25, 0.3) is 11.8 Å². The highest BCUT2D eigenvalue weighted by Gasteiger charge is 2.37. The molecule has 0 radical (unpaired) electrons. The van der Waals surface area contributed by atoms with Crippen LogP contribution in [0, 0.1) is 0 Å². The molecular formula is C22H23N3O5. The van der Waals surface area contributed by atoms with Gasteiger partial charge in [-0.3, -0.25) is 4.79 Å². The summed E-state index contributed by atoms with van der Waals surface area (Å²) in [5, 5.41) is 3.93. The van der Waals surface area contributed by atoms with Gasteiger partial charge in [0, 0.05) is 18.4 Å². The Morgan fingerprint density at radius 2 is 1.93 bits per heavy atom. The molecule has 8 heteroatoms. The number of hydrogen-bond donors (Lipinski definition) is 0. The van der Waals surface area contributed by atoms with Crippen molar-refractivity contribution in [2.24, 2.45) is 0 Å². The smallest absolute Gasteiger partial charge is 0.329 e. The molecule has 3 aromatic rings. The number of hydrogen-bond acceptors (Lipinski definition) is 7. The monoisotopic (exact) mass is 409 g/mol. The van der Waals surface area contributed by atoms with Gasteiger partial charge in [-0.1, -0.05) is 50.2 Å². The molecule has 0 fully saturated rings. The minimum Gasteiger partial charge on any atom is -0.459 e. The first-order chi connectivity index (χ1) is 14.3. The van der Waals surface area contributed by atoms with Crippen LogP contribution in [0.5, 0.6) is 0 Å². The summed E-state index contributed by atoms with van der Waals surface area (Å²) in [6, 6.07) is 10.2. The number of ether oxygens (including phenoxy) is 1. The van der Waals surface area contributed by atoms with Crippen molar-refractivity contribution in [3.8, 4) is 0 Å². The summed E-state index contributed by atoms with van der Waals surface area (Å²) in [4.78, 5) is 31.7. The van der Waals surface area contributed by atoms with Crippen molar-refractivity contribution in [1.29, 1.82) is 0 Å². The molecule has 156 valence electrons. The highest BCUT2D eigenvalue weighted by Crippen LogP contribution is 2.26. The molecule has 1 amide bonds. The van der Waals surface area contributed by atoms with Crippen molar-refractivity contribution >= 4 is 11.9 Å². The summed E-state index contributed by atoms with van der Waals surface area (Å²) < 4.78 is 15.9. The number of fused-ring (bicyclic) bond motifs is 1. The van der Waals surface area contributed by atoms with Crippen molar-refractivity contribution in [3.05, 3.63) is 71.3 Å². The summed E-state index contributed by atoms with van der Waals surface area (Å²) in [6.07, 6.45) is 1.79. The van der Waals surface area contributed by atoms with Crippen LogP contribution in [0.1, 0.15) is 54.2 Å². The van der Waals surface area contributed by atoms with Gasteiger partial charge >= 0.3 is 5.97 Å². The first kappa shape index (κ1) is 19.9. The molecule has 0 unspecified atom stereocenters. The molecule has 1 aliphatic heterocycles. The Bertz CT molecular complexity index is 1050. The molecule has 1 atom stereocenters. The fraction of sp³-hybridized carbons (Fsp3) is 0.364. The van der Waals surface area contributed by atoms with Crippen molar-refractivity contribution < 1.29 is 23.3 Å². The normalized spacial score (nSPS) is 16.2. The van der Waals surface area contributed by atoms with Gasteiger partial charge in [0.15, 0.2) is 18.2 Å². The van der Waals surface area contributed by atoms with Gasteiger partial charge in [-0.05, 0) is 23.3 Å². The number of rotatable bonds is 4. The van der Waals surface area contributed by atoms with Gasteiger partial charge in [0.1, 0.15) is 6.04 Å². The highest BCUT2D eigenvalue weighted by atomic mass is 16.6. The van der Waals surface area contributed by atoms with E-state index < -0.39 is 12.0 Å². The summed E-state index contributed by atoms with van der Waals surface area (Å²) >= 11 is 0. The lowest BCUT2D eigenvalue weighted by Gasteiger charge is -2.34. The van der Waals surface area contributed by atoms with E-state index in [-0.39, 0.29) is 29.6 Å². The van der Waals surface area contributed by atoms with E-state index in [2.05, 4.69) is 10.1 Å². The van der Waals surface area contributed by atoms with Crippen molar-refractivity contribution in [3.63, 3.8) is 0 Å². The SMILES string of the molecule is CC(C)(C)c1noc(COC(=O)[C@@H]2Cc3ccccc3CN2C(=O)c2ccco2)n1. The van der Waals surface area contributed by atoms with Gasteiger partial charge in [-0.2, -0.15) is 4.98 Å². The molecule has 1 aliphatic rings. The Hall–Kier alpha value is -3.42. The number of aromatic nitrogens is 2. The second-order valence-corrected chi connectivity index (χ2v) is 8.27. The number of carbonyl (C=O) groups is 2. The Kier molecular flexibility index (Phi) is 5.15. The van der Waals surface area contributed by atoms with E-state index in [1.165, 1.54) is 11.2 Å². The second-order valence-electron chi connectivity index (χ2n) is 8.27. The van der Waals surface area contributed by atoms with E-state index in [1.807, 2.05) is 45.0 Å². The van der Waals surface area contributed by atoms with E-state index in [9.17, 15) is 9.59 Å². The molecular weight excluding hydrogens is 386 g/mol.